The number of carbonyl (C=O) groups is 1. The van der Waals surface area contributed by atoms with E-state index in [0.717, 1.165) is 49.8 Å². The summed E-state index contributed by atoms with van der Waals surface area (Å²) in [6.07, 6.45) is 7.64. The second-order valence-corrected chi connectivity index (χ2v) is 6.98. The van der Waals surface area contributed by atoms with Gasteiger partial charge in [-0.3, -0.25) is 14.3 Å². The monoisotopic (exact) mass is 341 g/mol. The van der Waals surface area contributed by atoms with Crippen molar-refractivity contribution in [3.05, 3.63) is 45.6 Å². The Hall–Kier alpha value is -2.44. The number of hydrogen-bond donors (Lipinski definition) is 0. The number of rotatable bonds is 3. The number of likely N-dealkylation sites (tertiary alicyclic amines) is 1. The number of fused-ring (bicyclic) bond motifs is 1. The van der Waals surface area contributed by atoms with Crippen LogP contribution in [0.15, 0.2) is 23.1 Å². The molecule has 4 rings (SSSR count). The van der Waals surface area contributed by atoms with Crippen LogP contribution in [0.5, 0.6) is 0 Å². The van der Waals surface area contributed by atoms with Crippen molar-refractivity contribution in [2.45, 2.75) is 51.1 Å². The maximum absolute atomic E-state index is 12.8. The summed E-state index contributed by atoms with van der Waals surface area (Å²) in [4.78, 5) is 27.1. The fraction of sp³-hybridized carbons (Fsp3) is 0.556. The van der Waals surface area contributed by atoms with Gasteiger partial charge in [0.05, 0.1) is 18.3 Å². The molecule has 0 N–H and O–H groups in total. The van der Waals surface area contributed by atoms with E-state index in [1.165, 1.54) is 0 Å². The number of amides is 1. The molecule has 25 heavy (non-hydrogen) atoms. The molecule has 7 nitrogen and oxygen atoms in total. The van der Waals surface area contributed by atoms with Crippen LogP contribution in [-0.2, 0) is 26.4 Å². The highest BCUT2D eigenvalue weighted by Gasteiger charge is 2.31. The summed E-state index contributed by atoms with van der Waals surface area (Å²) in [5.74, 6) is -0.0199. The minimum Gasteiger partial charge on any atom is -0.332 e. The lowest BCUT2D eigenvalue weighted by molar-refractivity contribution is 0.0709. The zero-order valence-electron chi connectivity index (χ0n) is 14.5. The van der Waals surface area contributed by atoms with Crippen molar-refractivity contribution in [2.75, 3.05) is 6.54 Å². The average Bonchev–Trinajstić information content (AvgIpc) is 3.24. The van der Waals surface area contributed by atoms with E-state index in [-0.39, 0.29) is 17.5 Å². The molecule has 2 aromatic heterocycles. The molecule has 0 aromatic carbocycles. The Morgan fingerprint density at radius 1 is 1.28 bits per heavy atom. The molecular weight excluding hydrogens is 318 g/mol. The smallest absolute Gasteiger partial charge is 0.272 e. The van der Waals surface area contributed by atoms with E-state index in [2.05, 4.69) is 10.2 Å². The number of aromatic nitrogens is 4. The zero-order valence-corrected chi connectivity index (χ0v) is 14.5. The average molecular weight is 341 g/mol. The summed E-state index contributed by atoms with van der Waals surface area (Å²) in [6, 6.07) is 3.49. The molecule has 1 unspecified atom stereocenters. The van der Waals surface area contributed by atoms with Gasteiger partial charge >= 0.3 is 0 Å². The highest BCUT2D eigenvalue weighted by atomic mass is 16.2. The van der Waals surface area contributed by atoms with E-state index in [1.54, 1.807) is 34.7 Å². The molecule has 2 aromatic rings. The number of nitrogens with zero attached hydrogens (tertiary/aromatic N) is 5. The molecule has 3 heterocycles. The maximum Gasteiger partial charge on any atom is 0.272 e. The molecule has 132 valence electrons. The Bertz CT molecular complexity index is 853. The van der Waals surface area contributed by atoms with Crippen molar-refractivity contribution in [3.63, 3.8) is 0 Å². The summed E-state index contributed by atoms with van der Waals surface area (Å²) >= 11 is 0. The van der Waals surface area contributed by atoms with Gasteiger partial charge in [0.2, 0.25) is 0 Å². The van der Waals surface area contributed by atoms with Gasteiger partial charge in [0.15, 0.2) is 0 Å². The molecular formula is C18H23N5O2. The van der Waals surface area contributed by atoms with Crippen molar-refractivity contribution < 1.29 is 4.79 Å². The molecule has 2 aliphatic rings. The highest BCUT2D eigenvalue weighted by molar-refractivity contribution is 5.92. The fourth-order valence-electron chi connectivity index (χ4n) is 3.96. The van der Waals surface area contributed by atoms with E-state index in [1.807, 2.05) is 4.90 Å². The van der Waals surface area contributed by atoms with Gasteiger partial charge < -0.3 is 4.90 Å². The summed E-state index contributed by atoms with van der Waals surface area (Å²) in [7, 11) is 1.77. The van der Waals surface area contributed by atoms with Gasteiger partial charge in [-0.05, 0) is 50.2 Å². The van der Waals surface area contributed by atoms with Gasteiger partial charge in [0.25, 0.3) is 11.5 Å². The van der Waals surface area contributed by atoms with Crippen molar-refractivity contribution in [3.8, 4) is 0 Å². The lowest BCUT2D eigenvalue weighted by atomic mass is 9.97. The molecule has 0 bridgehead atoms. The van der Waals surface area contributed by atoms with Gasteiger partial charge in [-0.1, -0.05) is 0 Å². The third-order valence-corrected chi connectivity index (χ3v) is 5.34. The third kappa shape index (κ3) is 2.99. The topological polar surface area (TPSA) is 73.0 Å². The van der Waals surface area contributed by atoms with E-state index < -0.39 is 0 Å². The van der Waals surface area contributed by atoms with Crippen LogP contribution < -0.4 is 5.56 Å². The van der Waals surface area contributed by atoms with Gasteiger partial charge in [0.1, 0.15) is 5.69 Å². The minimum atomic E-state index is -0.0551. The molecule has 0 saturated carbocycles. The predicted molar refractivity (Wildman–Crippen MR) is 92.4 cm³/mol. The van der Waals surface area contributed by atoms with Crippen LogP contribution in [0.3, 0.4) is 0 Å². The van der Waals surface area contributed by atoms with Crippen molar-refractivity contribution in [1.82, 2.24) is 24.5 Å². The van der Waals surface area contributed by atoms with Crippen molar-refractivity contribution in [1.29, 1.82) is 0 Å². The van der Waals surface area contributed by atoms with Crippen LogP contribution in [0.25, 0.3) is 0 Å². The lowest BCUT2D eigenvalue weighted by Crippen LogP contribution is -2.41. The Kier molecular flexibility index (Phi) is 4.15. The quantitative estimate of drug-likeness (QED) is 0.840. The van der Waals surface area contributed by atoms with Crippen LogP contribution in [0, 0.1) is 0 Å². The summed E-state index contributed by atoms with van der Waals surface area (Å²) in [5, 5.41) is 8.68. The first-order valence-electron chi connectivity index (χ1n) is 9.02. The first kappa shape index (κ1) is 16.1. The van der Waals surface area contributed by atoms with Gasteiger partial charge in [-0.2, -0.15) is 10.2 Å². The molecule has 1 amide bonds. The fourth-order valence-corrected chi connectivity index (χ4v) is 3.96. The van der Waals surface area contributed by atoms with Crippen LogP contribution in [0.4, 0.5) is 0 Å². The first-order valence-corrected chi connectivity index (χ1v) is 9.02. The SMILES string of the molecule is Cn1nccc1C(=O)N1CCCC1Cn1nc2c(cc1=O)CCCC2. The van der Waals surface area contributed by atoms with Crippen LogP contribution >= 0.6 is 0 Å². The predicted octanol–water partition coefficient (Wildman–Crippen LogP) is 1.16. The number of carbonyl (C=O) groups excluding carboxylic acids is 1. The highest BCUT2D eigenvalue weighted by Crippen LogP contribution is 2.22. The van der Waals surface area contributed by atoms with Crippen molar-refractivity contribution >= 4 is 5.91 Å². The normalized spacial score (nSPS) is 19.9. The Labute approximate surface area is 146 Å². The standard InChI is InChI=1S/C18H23N5O2/c1-21-16(8-9-19-21)18(25)22-10-4-6-14(22)12-23-17(24)11-13-5-2-3-7-15(13)20-23/h8-9,11,14H,2-7,10,12H2,1H3. The molecule has 7 heteroatoms. The number of hydrogen-bond acceptors (Lipinski definition) is 4. The second kappa shape index (κ2) is 6.46. The van der Waals surface area contributed by atoms with Crippen LogP contribution in [-0.4, -0.2) is 43.0 Å². The van der Waals surface area contributed by atoms with Crippen LogP contribution in [0.2, 0.25) is 0 Å². The zero-order chi connectivity index (χ0) is 17.4. The van der Waals surface area contributed by atoms with E-state index in [0.29, 0.717) is 18.8 Å². The third-order valence-electron chi connectivity index (χ3n) is 5.34. The Morgan fingerprint density at radius 3 is 2.92 bits per heavy atom. The first-order chi connectivity index (χ1) is 12.1. The van der Waals surface area contributed by atoms with Crippen molar-refractivity contribution in [2.24, 2.45) is 7.05 Å². The molecule has 1 aliphatic carbocycles. The largest absolute Gasteiger partial charge is 0.332 e. The Morgan fingerprint density at radius 2 is 2.12 bits per heavy atom. The molecule has 1 fully saturated rings. The summed E-state index contributed by atoms with van der Waals surface area (Å²) in [5.41, 5.74) is 2.67. The summed E-state index contributed by atoms with van der Waals surface area (Å²) < 4.78 is 3.16. The summed E-state index contributed by atoms with van der Waals surface area (Å²) in [6.45, 7) is 1.18. The minimum absolute atomic E-state index is 0.00856. The second-order valence-electron chi connectivity index (χ2n) is 6.98. The van der Waals surface area contributed by atoms with E-state index >= 15 is 0 Å². The van der Waals surface area contributed by atoms with E-state index in [9.17, 15) is 9.59 Å². The molecule has 0 radical (unpaired) electrons. The maximum atomic E-state index is 12.8. The molecule has 1 atom stereocenters. The van der Waals surface area contributed by atoms with Gasteiger partial charge in [0, 0.05) is 25.9 Å². The lowest BCUT2D eigenvalue weighted by Gasteiger charge is -2.25. The molecule has 1 aliphatic heterocycles. The molecule has 1 saturated heterocycles. The Balaban J connectivity index is 1.57. The van der Waals surface area contributed by atoms with Crippen LogP contribution in [0.1, 0.15) is 47.4 Å². The van der Waals surface area contributed by atoms with E-state index in [4.69, 9.17) is 0 Å². The van der Waals surface area contributed by atoms with Gasteiger partial charge in [-0.25, -0.2) is 4.68 Å². The number of aryl methyl sites for hydroxylation is 3. The molecule has 0 spiro atoms. The van der Waals surface area contributed by atoms with Gasteiger partial charge in [-0.15, -0.1) is 0 Å².